The van der Waals surface area contributed by atoms with Crippen LogP contribution in [0.5, 0.6) is 0 Å². The molecule has 1 aromatic carbocycles. The van der Waals surface area contributed by atoms with Gasteiger partial charge in [-0.2, -0.15) is 0 Å². The number of amides is 1. The zero-order chi connectivity index (χ0) is 23.0. The number of thiophene rings is 1. The van der Waals surface area contributed by atoms with Crippen LogP contribution in [0.2, 0.25) is 5.02 Å². The van der Waals surface area contributed by atoms with Gasteiger partial charge < -0.3 is 20.4 Å². The summed E-state index contributed by atoms with van der Waals surface area (Å²) in [6, 6.07) is 8.52. The van der Waals surface area contributed by atoms with Crippen molar-refractivity contribution in [2.75, 3.05) is 0 Å². The lowest BCUT2D eigenvalue weighted by Crippen LogP contribution is -2.33. The van der Waals surface area contributed by atoms with E-state index in [0.29, 0.717) is 32.3 Å². The summed E-state index contributed by atoms with van der Waals surface area (Å²) in [5.41, 5.74) is 1.47. The van der Waals surface area contributed by atoms with E-state index in [0.717, 1.165) is 10.4 Å². The third kappa shape index (κ3) is 4.17. The van der Waals surface area contributed by atoms with Crippen molar-refractivity contribution >= 4 is 45.8 Å². The van der Waals surface area contributed by atoms with Gasteiger partial charge in [0.2, 0.25) is 0 Å². The summed E-state index contributed by atoms with van der Waals surface area (Å²) in [6.07, 6.45) is 1.75. The molecule has 0 saturated carbocycles. The molecular formula is C22H19ClN4O4S. The molecule has 8 nitrogen and oxygen atoms in total. The number of nitrogens with zero attached hydrogens (tertiary/aromatic N) is 1. The van der Waals surface area contributed by atoms with E-state index in [1.807, 2.05) is 6.92 Å². The van der Waals surface area contributed by atoms with Crippen molar-refractivity contribution in [2.45, 2.75) is 25.8 Å². The summed E-state index contributed by atoms with van der Waals surface area (Å²) in [6.45, 7) is 3.65. The molecule has 4 N–H and O–H groups in total. The quantitative estimate of drug-likeness (QED) is 0.339. The van der Waals surface area contributed by atoms with Crippen LogP contribution in [0.4, 0.5) is 0 Å². The SMILES string of the molecule is Cc1nc2[nH]cc(C(C)c3ccc(C(=O)NC(C(=O)O)c4ccc(Cl)cc4)s3)c2c(=O)[nH]1. The topological polar surface area (TPSA) is 128 Å². The van der Waals surface area contributed by atoms with Gasteiger partial charge in [0.15, 0.2) is 6.04 Å². The number of aromatic nitrogens is 3. The maximum absolute atomic E-state index is 12.8. The van der Waals surface area contributed by atoms with Gasteiger partial charge in [0, 0.05) is 22.0 Å². The Morgan fingerprint density at radius 2 is 1.91 bits per heavy atom. The Labute approximate surface area is 191 Å². The maximum atomic E-state index is 12.8. The van der Waals surface area contributed by atoms with Crippen LogP contribution in [0, 0.1) is 6.92 Å². The fraction of sp³-hybridized carbons (Fsp3) is 0.182. The van der Waals surface area contributed by atoms with Gasteiger partial charge in [-0.3, -0.25) is 9.59 Å². The molecule has 2 unspecified atom stereocenters. The average Bonchev–Trinajstić information content (AvgIpc) is 3.39. The monoisotopic (exact) mass is 470 g/mol. The third-order valence-electron chi connectivity index (χ3n) is 5.16. The second-order valence-corrected chi connectivity index (χ2v) is 8.89. The Kier molecular flexibility index (Phi) is 5.86. The first-order valence-corrected chi connectivity index (χ1v) is 10.9. The molecule has 0 bridgehead atoms. The minimum Gasteiger partial charge on any atom is -0.479 e. The zero-order valence-electron chi connectivity index (χ0n) is 17.1. The van der Waals surface area contributed by atoms with Gasteiger partial charge in [0.1, 0.15) is 11.5 Å². The number of halogens is 1. The number of rotatable bonds is 6. The summed E-state index contributed by atoms with van der Waals surface area (Å²) >= 11 is 7.11. The Hall–Kier alpha value is -3.43. The molecule has 10 heteroatoms. The Morgan fingerprint density at radius 3 is 2.59 bits per heavy atom. The molecule has 0 radical (unpaired) electrons. The van der Waals surface area contributed by atoms with E-state index < -0.39 is 17.9 Å². The second kappa shape index (κ2) is 8.60. The van der Waals surface area contributed by atoms with Crippen LogP contribution < -0.4 is 10.9 Å². The lowest BCUT2D eigenvalue weighted by atomic mass is 10.0. The van der Waals surface area contributed by atoms with Crippen molar-refractivity contribution in [3.05, 3.63) is 84.7 Å². The molecule has 0 saturated heterocycles. The van der Waals surface area contributed by atoms with Gasteiger partial charge in [-0.25, -0.2) is 9.78 Å². The maximum Gasteiger partial charge on any atom is 0.330 e. The molecule has 4 rings (SSSR count). The summed E-state index contributed by atoms with van der Waals surface area (Å²) < 4.78 is 0. The first kappa shape index (κ1) is 21.8. The van der Waals surface area contributed by atoms with Crippen LogP contribution in [-0.4, -0.2) is 31.9 Å². The molecule has 1 amide bonds. The number of aliphatic carboxylic acids is 1. The third-order valence-corrected chi connectivity index (χ3v) is 6.68. The van der Waals surface area contributed by atoms with Gasteiger partial charge in [0.05, 0.1) is 10.3 Å². The van der Waals surface area contributed by atoms with Crippen molar-refractivity contribution in [1.82, 2.24) is 20.3 Å². The van der Waals surface area contributed by atoms with Crippen molar-refractivity contribution in [3.63, 3.8) is 0 Å². The van der Waals surface area contributed by atoms with E-state index in [1.54, 1.807) is 49.5 Å². The average molecular weight is 471 g/mol. The first-order chi connectivity index (χ1) is 15.2. The number of fused-ring (bicyclic) bond motifs is 1. The molecule has 0 aliphatic heterocycles. The van der Waals surface area contributed by atoms with Gasteiger partial charge in [0.25, 0.3) is 11.5 Å². The molecule has 0 aliphatic carbocycles. The lowest BCUT2D eigenvalue weighted by Gasteiger charge is -2.14. The highest BCUT2D eigenvalue weighted by Crippen LogP contribution is 2.33. The molecule has 2 atom stereocenters. The fourth-order valence-corrected chi connectivity index (χ4v) is 4.63. The van der Waals surface area contributed by atoms with E-state index in [1.165, 1.54) is 11.3 Å². The predicted molar refractivity (Wildman–Crippen MR) is 123 cm³/mol. The van der Waals surface area contributed by atoms with Crippen LogP contribution in [0.1, 0.15) is 50.4 Å². The number of carboxylic acid groups (broad SMARTS) is 1. The van der Waals surface area contributed by atoms with Crippen LogP contribution in [0.3, 0.4) is 0 Å². The normalized spacial score (nSPS) is 13.1. The molecule has 0 aliphatic rings. The minimum atomic E-state index is -1.20. The summed E-state index contributed by atoms with van der Waals surface area (Å²) in [5, 5.41) is 13.1. The predicted octanol–water partition coefficient (Wildman–Crippen LogP) is 3.98. The summed E-state index contributed by atoms with van der Waals surface area (Å²) in [4.78, 5) is 48.2. The smallest absolute Gasteiger partial charge is 0.330 e. The number of carbonyl (C=O) groups is 2. The molecule has 4 aromatic rings. The van der Waals surface area contributed by atoms with Crippen molar-refractivity contribution in [2.24, 2.45) is 0 Å². The van der Waals surface area contributed by atoms with Crippen LogP contribution in [-0.2, 0) is 4.79 Å². The molecule has 0 spiro atoms. The van der Waals surface area contributed by atoms with Crippen LogP contribution >= 0.6 is 22.9 Å². The number of nitrogens with one attached hydrogen (secondary N) is 3. The molecule has 3 heterocycles. The van der Waals surface area contributed by atoms with Crippen molar-refractivity contribution < 1.29 is 14.7 Å². The molecular weight excluding hydrogens is 452 g/mol. The van der Waals surface area contributed by atoms with Gasteiger partial charge >= 0.3 is 5.97 Å². The standard InChI is InChI=1S/C22H19ClN4O4S/c1-10(14-9-24-19-17(14)21(29)26-11(2)25-19)15-7-8-16(32-15)20(28)27-18(22(30)31)12-3-5-13(23)6-4-12/h3-10,18H,1-2H3,(H,27,28)(H,30,31)(H2,24,25,26,29). The zero-order valence-corrected chi connectivity index (χ0v) is 18.7. The number of aromatic amines is 2. The van der Waals surface area contributed by atoms with E-state index in [9.17, 15) is 19.5 Å². The highest BCUT2D eigenvalue weighted by Gasteiger charge is 2.25. The highest BCUT2D eigenvalue weighted by molar-refractivity contribution is 7.14. The van der Waals surface area contributed by atoms with E-state index in [2.05, 4.69) is 20.3 Å². The number of carbonyl (C=O) groups excluding carboxylic acids is 1. The minimum absolute atomic E-state index is 0.174. The molecule has 164 valence electrons. The second-order valence-electron chi connectivity index (χ2n) is 7.34. The Bertz CT molecular complexity index is 1370. The Balaban J connectivity index is 1.58. The Morgan fingerprint density at radius 1 is 1.19 bits per heavy atom. The van der Waals surface area contributed by atoms with Crippen molar-refractivity contribution in [1.29, 1.82) is 0 Å². The number of hydrogen-bond acceptors (Lipinski definition) is 5. The van der Waals surface area contributed by atoms with Gasteiger partial charge in [-0.1, -0.05) is 30.7 Å². The highest BCUT2D eigenvalue weighted by atomic mass is 35.5. The number of carboxylic acids is 1. The number of benzene rings is 1. The molecule has 32 heavy (non-hydrogen) atoms. The van der Waals surface area contributed by atoms with Crippen LogP contribution in [0.15, 0.2) is 47.4 Å². The molecule has 0 fully saturated rings. The number of hydrogen-bond donors (Lipinski definition) is 4. The molecule has 3 aromatic heterocycles. The number of H-pyrrole nitrogens is 2. The summed E-state index contributed by atoms with van der Waals surface area (Å²) in [7, 11) is 0. The number of aryl methyl sites for hydroxylation is 1. The van der Waals surface area contributed by atoms with Crippen molar-refractivity contribution in [3.8, 4) is 0 Å². The van der Waals surface area contributed by atoms with E-state index >= 15 is 0 Å². The largest absolute Gasteiger partial charge is 0.479 e. The lowest BCUT2D eigenvalue weighted by molar-refractivity contribution is -0.139. The van der Waals surface area contributed by atoms with E-state index in [-0.39, 0.29) is 11.5 Å². The van der Waals surface area contributed by atoms with Gasteiger partial charge in [-0.05, 0) is 42.3 Å². The first-order valence-electron chi connectivity index (χ1n) is 9.71. The summed E-state index contributed by atoms with van der Waals surface area (Å²) in [5.74, 6) is -1.32. The van der Waals surface area contributed by atoms with Crippen LogP contribution in [0.25, 0.3) is 11.0 Å². The fourth-order valence-electron chi connectivity index (χ4n) is 3.52. The van der Waals surface area contributed by atoms with Gasteiger partial charge in [-0.15, -0.1) is 11.3 Å². The van der Waals surface area contributed by atoms with E-state index in [4.69, 9.17) is 11.6 Å².